The number of aromatic nitrogens is 2. The third-order valence-electron chi connectivity index (χ3n) is 3.13. The molecule has 7 nitrogen and oxygen atoms in total. The van der Waals surface area contributed by atoms with Crippen LogP contribution < -0.4 is 5.32 Å². The maximum Gasteiger partial charge on any atom is 0.323 e. The van der Waals surface area contributed by atoms with Gasteiger partial charge in [0, 0.05) is 37.9 Å². The van der Waals surface area contributed by atoms with Gasteiger partial charge < -0.3 is 15.3 Å². The summed E-state index contributed by atoms with van der Waals surface area (Å²) in [6.07, 6.45) is 4.16. The molecule has 1 saturated carbocycles. The van der Waals surface area contributed by atoms with Crippen molar-refractivity contribution in [1.29, 1.82) is 0 Å². The van der Waals surface area contributed by atoms with Crippen LogP contribution in [0.1, 0.15) is 18.5 Å². The predicted octanol–water partition coefficient (Wildman–Crippen LogP) is 0.221. The monoisotopic (exact) mass is 266 g/mol. The lowest BCUT2D eigenvalue weighted by Gasteiger charge is -2.20. The number of amides is 2. The van der Waals surface area contributed by atoms with Crippen LogP contribution in [-0.2, 0) is 18.3 Å². The minimum Gasteiger partial charge on any atom is -0.480 e. The summed E-state index contributed by atoms with van der Waals surface area (Å²) in [7, 11) is 1.85. The van der Waals surface area contributed by atoms with Gasteiger partial charge >= 0.3 is 12.0 Å². The van der Waals surface area contributed by atoms with Crippen LogP contribution in [0.15, 0.2) is 12.3 Å². The number of carboxylic acid groups (broad SMARTS) is 1. The summed E-state index contributed by atoms with van der Waals surface area (Å²) in [4.78, 5) is 24.0. The van der Waals surface area contributed by atoms with Crippen LogP contribution in [0.5, 0.6) is 0 Å². The van der Waals surface area contributed by atoms with Crippen LogP contribution in [0, 0.1) is 0 Å². The molecule has 0 unspecified atom stereocenters. The molecule has 1 aliphatic rings. The first-order valence-corrected chi connectivity index (χ1v) is 6.31. The van der Waals surface area contributed by atoms with Crippen molar-refractivity contribution in [1.82, 2.24) is 20.0 Å². The van der Waals surface area contributed by atoms with Crippen LogP contribution in [0.2, 0.25) is 0 Å². The Morgan fingerprint density at radius 3 is 2.84 bits per heavy atom. The van der Waals surface area contributed by atoms with Gasteiger partial charge in [-0.3, -0.25) is 9.48 Å². The van der Waals surface area contributed by atoms with E-state index in [9.17, 15) is 9.59 Å². The molecule has 0 saturated heterocycles. The lowest BCUT2D eigenvalue weighted by molar-refractivity contribution is -0.137. The second-order valence-electron chi connectivity index (χ2n) is 4.68. The zero-order chi connectivity index (χ0) is 13.8. The van der Waals surface area contributed by atoms with Crippen molar-refractivity contribution in [2.45, 2.75) is 25.3 Å². The van der Waals surface area contributed by atoms with Gasteiger partial charge in [0.05, 0.1) is 0 Å². The van der Waals surface area contributed by atoms with Gasteiger partial charge in [-0.25, -0.2) is 4.79 Å². The quantitative estimate of drug-likeness (QED) is 0.771. The zero-order valence-corrected chi connectivity index (χ0v) is 10.9. The standard InChI is InChI=1S/C12H18N4O3/c1-15-9(5-7-14-15)4-6-13-12(19)16(8-11(17)18)10-2-3-10/h5,7,10H,2-4,6,8H2,1H3,(H,13,19)(H,17,18). The second-order valence-corrected chi connectivity index (χ2v) is 4.68. The third kappa shape index (κ3) is 3.70. The molecule has 2 amide bonds. The Labute approximate surface area is 111 Å². The van der Waals surface area contributed by atoms with Gasteiger partial charge in [-0.15, -0.1) is 0 Å². The molecule has 104 valence electrons. The summed E-state index contributed by atoms with van der Waals surface area (Å²) in [5, 5.41) is 15.6. The first-order chi connectivity index (χ1) is 9.08. The molecule has 1 aliphatic carbocycles. The minimum absolute atomic E-state index is 0.0906. The van der Waals surface area contributed by atoms with Gasteiger partial charge in [0.1, 0.15) is 6.54 Å². The molecule has 2 rings (SSSR count). The second kappa shape index (κ2) is 5.73. The van der Waals surface area contributed by atoms with Crippen molar-refractivity contribution in [3.63, 3.8) is 0 Å². The highest BCUT2D eigenvalue weighted by Crippen LogP contribution is 2.26. The summed E-state index contributed by atoms with van der Waals surface area (Å²) >= 11 is 0. The molecule has 0 aromatic carbocycles. The number of nitrogens with zero attached hydrogens (tertiary/aromatic N) is 3. The van der Waals surface area contributed by atoms with E-state index in [1.807, 2.05) is 13.1 Å². The fraction of sp³-hybridized carbons (Fsp3) is 0.583. The number of carbonyl (C=O) groups excluding carboxylic acids is 1. The molecule has 2 N–H and O–H groups in total. The Kier molecular flexibility index (Phi) is 4.03. The molecule has 1 aromatic heterocycles. The highest BCUT2D eigenvalue weighted by atomic mass is 16.4. The van der Waals surface area contributed by atoms with Gasteiger partial charge in [0.15, 0.2) is 0 Å². The van der Waals surface area contributed by atoms with Crippen molar-refractivity contribution in [3.05, 3.63) is 18.0 Å². The van der Waals surface area contributed by atoms with Crippen LogP contribution in [0.3, 0.4) is 0 Å². The molecular weight excluding hydrogens is 248 g/mol. The maximum atomic E-state index is 11.9. The number of urea groups is 1. The number of nitrogens with one attached hydrogen (secondary N) is 1. The van der Waals surface area contributed by atoms with E-state index in [1.54, 1.807) is 10.9 Å². The fourth-order valence-corrected chi connectivity index (χ4v) is 1.94. The molecule has 1 heterocycles. The predicted molar refractivity (Wildman–Crippen MR) is 67.7 cm³/mol. The fourth-order valence-electron chi connectivity index (χ4n) is 1.94. The lowest BCUT2D eigenvalue weighted by Crippen LogP contribution is -2.44. The summed E-state index contributed by atoms with van der Waals surface area (Å²) in [6.45, 7) is 0.240. The van der Waals surface area contributed by atoms with Crippen molar-refractivity contribution >= 4 is 12.0 Å². The summed E-state index contributed by atoms with van der Waals surface area (Å²) in [5.41, 5.74) is 1.02. The molecule has 0 spiro atoms. The van der Waals surface area contributed by atoms with Gasteiger partial charge in [-0.05, 0) is 18.9 Å². The summed E-state index contributed by atoms with van der Waals surface area (Å²) in [6, 6.07) is 1.68. The topological polar surface area (TPSA) is 87.5 Å². The van der Waals surface area contributed by atoms with Crippen molar-refractivity contribution < 1.29 is 14.7 Å². The SMILES string of the molecule is Cn1nccc1CCNC(=O)N(CC(=O)O)C1CC1. The smallest absolute Gasteiger partial charge is 0.323 e. The molecule has 0 aliphatic heterocycles. The molecule has 1 fully saturated rings. The van der Waals surface area contributed by atoms with Crippen LogP contribution in [0.4, 0.5) is 4.79 Å². The van der Waals surface area contributed by atoms with E-state index in [4.69, 9.17) is 5.11 Å². The Morgan fingerprint density at radius 1 is 1.58 bits per heavy atom. The average Bonchev–Trinajstić information content (AvgIpc) is 3.11. The zero-order valence-electron chi connectivity index (χ0n) is 10.9. The Hall–Kier alpha value is -2.05. The molecule has 7 heteroatoms. The van der Waals surface area contributed by atoms with Gasteiger partial charge in [-0.2, -0.15) is 5.10 Å². The molecule has 1 aromatic rings. The highest BCUT2D eigenvalue weighted by molar-refractivity contribution is 5.80. The molecule has 0 bridgehead atoms. The number of hydrogen-bond acceptors (Lipinski definition) is 3. The van der Waals surface area contributed by atoms with Crippen molar-refractivity contribution in [3.8, 4) is 0 Å². The molecular formula is C12H18N4O3. The normalized spacial score (nSPS) is 14.2. The number of carbonyl (C=O) groups is 2. The average molecular weight is 266 g/mol. The molecule has 0 atom stereocenters. The number of carboxylic acids is 1. The van der Waals surface area contributed by atoms with Gasteiger partial charge in [0.2, 0.25) is 0 Å². The van der Waals surface area contributed by atoms with E-state index in [-0.39, 0.29) is 18.6 Å². The van der Waals surface area contributed by atoms with E-state index >= 15 is 0 Å². The Balaban J connectivity index is 1.79. The van der Waals surface area contributed by atoms with E-state index in [0.29, 0.717) is 13.0 Å². The summed E-state index contributed by atoms with van der Waals surface area (Å²) < 4.78 is 1.75. The van der Waals surface area contributed by atoms with Gasteiger partial charge in [0.25, 0.3) is 0 Å². The van der Waals surface area contributed by atoms with E-state index in [1.165, 1.54) is 4.90 Å². The summed E-state index contributed by atoms with van der Waals surface area (Å²) in [5.74, 6) is -0.978. The van der Waals surface area contributed by atoms with Crippen molar-refractivity contribution in [2.75, 3.05) is 13.1 Å². The largest absolute Gasteiger partial charge is 0.480 e. The van der Waals surface area contributed by atoms with E-state index < -0.39 is 5.97 Å². The lowest BCUT2D eigenvalue weighted by atomic mass is 10.3. The van der Waals surface area contributed by atoms with Crippen LogP contribution >= 0.6 is 0 Å². The molecule has 19 heavy (non-hydrogen) atoms. The van der Waals surface area contributed by atoms with E-state index in [2.05, 4.69) is 10.4 Å². The first-order valence-electron chi connectivity index (χ1n) is 6.31. The number of rotatable bonds is 6. The number of hydrogen-bond donors (Lipinski definition) is 2. The minimum atomic E-state index is -0.978. The Bertz CT molecular complexity index is 467. The maximum absolute atomic E-state index is 11.9. The van der Waals surface area contributed by atoms with E-state index in [0.717, 1.165) is 18.5 Å². The Morgan fingerprint density at radius 2 is 2.32 bits per heavy atom. The first kappa shape index (κ1) is 13.4. The van der Waals surface area contributed by atoms with Crippen molar-refractivity contribution in [2.24, 2.45) is 7.05 Å². The van der Waals surface area contributed by atoms with Crippen LogP contribution in [0.25, 0.3) is 0 Å². The van der Waals surface area contributed by atoms with Gasteiger partial charge in [-0.1, -0.05) is 0 Å². The molecule has 0 radical (unpaired) electrons. The van der Waals surface area contributed by atoms with Crippen LogP contribution in [-0.4, -0.2) is 50.9 Å². The third-order valence-corrected chi connectivity index (χ3v) is 3.13. The number of aryl methyl sites for hydroxylation is 1. The number of aliphatic carboxylic acids is 1. The highest BCUT2D eigenvalue weighted by Gasteiger charge is 2.33.